The minimum Gasteiger partial charge on any atom is -0.469 e. The Morgan fingerprint density at radius 3 is 2.72 bits per heavy atom. The monoisotopic (exact) mass is 576 g/mol. The van der Waals surface area contributed by atoms with Crippen LogP contribution in [0.3, 0.4) is 0 Å². The Balaban J connectivity index is 0.00000363. The van der Waals surface area contributed by atoms with Gasteiger partial charge in [0.15, 0.2) is 5.96 Å². The first kappa shape index (κ1) is 27.1. The van der Waals surface area contributed by atoms with Crippen LogP contribution in [0.2, 0.25) is 0 Å². The first-order valence-electron chi connectivity index (χ1n) is 11.3. The molecule has 3 heterocycles. The van der Waals surface area contributed by atoms with Gasteiger partial charge in [-0.25, -0.2) is 0 Å². The molecule has 32 heavy (non-hydrogen) atoms. The lowest BCUT2D eigenvalue weighted by Gasteiger charge is -2.33. The van der Waals surface area contributed by atoms with E-state index >= 15 is 0 Å². The summed E-state index contributed by atoms with van der Waals surface area (Å²) in [4.78, 5) is 10.2. The second-order valence-electron chi connectivity index (χ2n) is 7.54. The number of thiophene rings is 1. The Bertz CT molecular complexity index is 763. The van der Waals surface area contributed by atoms with Gasteiger partial charge in [0.2, 0.25) is 0 Å². The highest BCUT2D eigenvalue weighted by molar-refractivity contribution is 14.0. The maximum absolute atomic E-state index is 5.57. The van der Waals surface area contributed by atoms with Crippen molar-refractivity contribution in [1.29, 1.82) is 0 Å². The normalized spacial score (nSPS) is 15.9. The first-order chi connectivity index (χ1) is 15.3. The number of furan rings is 1. The molecule has 1 aliphatic heterocycles. The van der Waals surface area contributed by atoms with Crippen molar-refractivity contribution in [3.8, 4) is 0 Å². The molecule has 3 rings (SSSR count). The highest BCUT2D eigenvalue weighted by Gasteiger charge is 2.23. The zero-order valence-electron chi connectivity index (χ0n) is 19.2. The number of hydrogen-bond donors (Lipinski definition) is 2. The number of rotatable bonds is 12. The van der Waals surface area contributed by atoms with Crippen LogP contribution in [-0.2, 0) is 15.9 Å². The summed E-state index contributed by atoms with van der Waals surface area (Å²) in [7, 11) is 0. The maximum atomic E-state index is 5.57. The molecule has 1 unspecified atom stereocenters. The van der Waals surface area contributed by atoms with E-state index in [2.05, 4.69) is 34.6 Å². The Hall–Kier alpha value is -1.14. The number of ether oxygens (including phenoxy) is 2. The fourth-order valence-corrected chi connectivity index (χ4v) is 4.55. The lowest BCUT2D eigenvalue weighted by molar-refractivity contribution is 0.0186. The molecule has 0 amide bonds. The average Bonchev–Trinajstić information content (AvgIpc) is 3.46. The zero-order valence-corrected chi connectivity index (χ0v) is 22.3. The van der Waals surface area contributed by atoms with Gasteiger partial charge in [-0.15, -0.1) is 35.3 Å². The summed E-state index contributed by atoms with van der Waals surface area (Å²) >= 11 is 1.86. The molecule has 1 aliphatic rings. The van der Waals surface area contributed by atoms with Gasteiger partial charge in [-0.2, -0.15) is 0 Å². The average molecular weight is 577 g/mol. The van der Waals surface area contributed by atoms with E-state index in [0.717, 1.165) is 77.2 Å². The molecular weight excluding hydrogens is 539 g/mol. The molecule has 0 bridgehead atoms. The van der Waals surface area contributed by atoms with Gasteiger partial charge < -0.3 is 24.5 Å². The molecular formula is C23H37IN4O3S. The summed E-state index contributed by atoms with van der Waals surface area (Å²) in [6, 6.07) is 8.64. The third-order valence-electron chi connectivity index (χ3n) is 5.20. The van der Waals surface area contributed by atoms with Crippen molar-refractivity contribution in [2.75, 3.05) is 59.2 Å². The van der Waals surface area contributed by atoms with Crippen LogP contribution in [0.5, 0.6) is 0 Å². The fraction of sp³-hybridized carbons (Fsp3) is 0.609. The number of halogens is 1. The number of nitrogens with zero attached hydrogens (tertiary/aromatic N) is 2. The number of morpholine rings is 1. The van der Waals surface area contributed by atoms with Crippen LogP contribution in [0.25, 0.3) is 0 Å². The zero-order chi connectivity index (χ0) is 21.7. The molecule has 2 aromatic rings. The van der Waals surface area contributed by atoms with E-state index in [1.165, 1.54) is 9.75 Å². The molecule has 1 fully saturated rings. The highest BCUT2D eigenvalue weighted by atomic mass is 127. The second kappa shape index (κ2) is 15.7. The van der Waals surface area contributed by atoms with Crippen LogP contribution in [0.4, 0.5) is 0 Å². The summed E-state index contributed by atoms with van der Waals surface area (Å²) in [6.45, 7) is 11.5. The van der Waals surface area contributed by atoms with E-state index in [4.69, 9.17) is 18.9 Å². The number of guanidine groups is 1. The molecule has 2 N–H and O–H groups in total. The highest BCUT2D eigenvalue weighted by Crippen LogP contribution is 2.28. The lowest BCUT2D eigenvalue weighted by atomic mass is 10.2. The van der Waals surface area contributed by atoms with E-state index in [-0.39, 0.29) is 30.0 Å². The van der Waals surface area contributed by atoms with Crippen LogP contribution in [0, 0.1) is 6.92 Å². The van der Waals surface area contributed by atoms with Crippen LogP contribution in [0.15, 0.2) is 39.9 Å². The number of aliphatic imine (C=N–C) groups is 1. The van der Waals surface area contributed by atoms with Crippen molar-refractivity contribution < 1.29 is 13.9 Å². The van der Waals surface area contributed by atoms with Crippen molar-refractivity contribution in [3.63, 3.8) is 0 Å². The molecule has 0 radical (unpaired) electrons. The summed E-state index contributed by atoms with van der Waals surface area (Å²) < 4.78 is 16.5. The van der Waals surface area contributed by atoms with E-state index < -0.39 is 0 Å². The van der Waals surface area contributed by atoms with Gasteiger partial charge >= 0.3 is 0 Å². The number of nitrogens with one attached hydrogen (secondary N) is 2. The largest absolute Gasteiger partial charge is 0.469 e. The van der Waals surface area contributed by atoms with Crippen molar-refractivity contribution in [1.82, 2.24) is 15.5 Å². The Labute approximate surface area is 213 Å². The first-order valence-corrected chi connectivity index (χ1v) is 12.1. The molecule has 180 valence electrons. The molecule has 1 atom stereocenters. The van der Waals surface area contributed by atoms with Gasteiger partial charge in [-0.05, 0) is 44.5 Å². The lowest BCUT2D eigenvalue weighted by Crippen LogP contribution is -2.42. The van der Waals surface area contributed by atoms with Crippen molar-refractivity contribution >= 4 is 41.3 Å². The molecule has 7 nitrogen and oxygen atoms in total. The summed E-state index contributed by atoms with van der Waals surface area (Å²) in [5.41, 5.74) is 0. The molecule has 0 saturated carbocycles. The van der Waals surface area contributed by atoms with Crippen LogP contribution in [0.1, 0.15) is 34.9 Å². The third-order valence-corrected chi connectivity index (χ3v) is 6.31. The molecule has 2 aromatic heterocycles. The standard InChI is InChI=1S/C23H36N4O3S.HI/c1-3-28-14-5-10-24-23(25-11-9-20-6-4-15-30-20)26-18-21(22-8-7-19(2)31-22)27-12-16-29-17-13-27;/h4,6-8,15,21H,3,5,9-14,16-18H2,1-2H3,(H2,24,25,26);1H. The summed E-state index contributed by atoms with van der Waals surface area (Å²) in [5, 5.41) is 6.92. The SMILES string of the molecule is CCOCCCNC(=NCC(c1ccc(C)s1)N1CCOCC1)NCCc1ccco1.I. The quantitative estimate of drug-likeness (QED) is 0.173. The van der Waals surface area contributed by atoms with Gasteiger partial charge in [-0.1, -0.05) is 0 Å². The fourth-order valence-electron chi connectivity index (χ4n) is 3.54. The van der Waals surface area contributed by atoms with Gasteiger partial charge in [0.25, 0.3) is 0 Å². The number of aryl methyl sites for hydroxylation is 1. The molecule has 0 spiro atoms. The Kier molecular flexibility index (Phi) is 13.3. The van der Waals surface area contributed by atoms with E-state index in [0.29, 0.717) is 6.54 Å². The van der Waals surface area contributed by atoms with E-state index in [1.54, 1.807) is 6.26 Å². The Morgan fingerprint density at radius 2 is 2.03 bits per heavy atom. The predicted octanol–water partition coefficient (Wildman–Crippen LogP) is 3.85. The molecule has 9 heteroatoms. The minimum atomic E-state index is 0. The minimum absolute atomic E-state index is 0. The summed E-state index contributed by atoms with van der Waals surface area (Å²) in [5.74, 6) is 1.82. The predicted molar refractivity (Wildman–Crippen MR) is 141 cm³/mol. The smallest absolute Gasteiger partial charge is 0.191 e. The van der Waals surface area contributed by atoms with E-state index in [1.807, 2.05) is 30.4 Å². The topological polar surface area (TPSA) is 71.3 Å². The molecule has 0 aromatic carbocycles. The van der Waals surface area contributed by atoms with Gasteiger partial charge in [-0.3, -0.25) is 9.89 Å². The Morgan fingerprint density at radius 1 is 1.22 bits per heavy atom. The second-order valence-corrected chi connectivity index (χ2v) is 8.85. The number of hydrogen-bond acceptors (Lipinski definition) is 6. The molecule has 1 saturated heterocycles. The van der Waals surface area contributed by atoms with Crippen LogP contribution in [-0.4, -0.2) is 70.0 Å². The van der Waals surface area contributed by atoms with Gasteiger partial charge in [0.1, 0.15) is 5.76 Å². The van der Waals surface area contributed by atoms with Crippen LogP contribution < -0.4 is 10.6 Å². The van der Waals surface area contributed by atoms with Crippen molar-refractivity contribution in [3.05, 3.63) is 46.0 Å². The maximum Gasteiger partial charge on any atom is 0.191 e. The summed E-state index contributed by atoms with van der Waals surface area (Å²) in [6.07, 6.45) is 3.49. The van der Waals surface area contributed by atoms with Crippen molar-refractivity contribution in [2.24, 2.45) is 4.99 Å². The molecule has 0 aliphatic carbocycles. The third kappa shape index (κ3) is 9.38. The van der Waals surface area contributed by atoms with Crippen LogP contribution >= 0.6 is 35.3 Å². The van der Waals surface area contributed by atoms with Gasteiger partial charge in [0, 0.05) is 55.6 Å². The van der Waals surface area contributed by atoms with Gasteiger partial charge in [0.05, 0.1) is 32.1 Å². The van der Waals surface area contributed by atoms with E-state index in [9.17, 15) is 0 Å². The van der Waals surface area contributed by atoms with Crippen molar-refractivity contribution in [2.45, 2.75) is 32.7 Å².